The molecule has 2 unspecified atom stereocenters. The Labute approximate surface area is 227 Å². The fraction of sp³-hybridized carbons (Fsp3) is 0.367. The van der Waals surface area contributed by atoms with Gasteiger partial charge in [0.2, 0.25) is 11.9 Å². The van der Waals surface area contributed by atoms with Crippen molar-refractivity contribution in [1.29, 1.82) is 0 Å². The summed E-state index contributed by atoms with van der Waals surface area (Å²) in [6.07, 6.45) is 15.1. The Morgan fingerprint density at radius 1 is 1.08 bits per heavy atom. The second kappa shape index (κ2) is 9.80. The van der Waals surface area contributed by atoms with Crippen LogP contribution in [0.2, 0.25) is 0 Å². The highest BCUT2D eigenvalue weighted by Gasteiger charge is 2.45. The van der Waals surface area contributed by atoms with E-state index < -0.39 is 0 Å². The van der Waals surface area contributed by atoms with Gasteiger partial charge in [-0.05, 0) is 42.7 Å². The van der Waals surface area contributed by atoms with E-state index in [1.54, 1.807) is 6.33 Å². The van der Waals surface area contributed by atoms with Crippen molar-refractivity contribution in [3.05, 3.63) is 89.3 Å². The molecule has 1 aliphatic heterocycles. The first kappa shape index (κ1) is 23.8. The molecule has 39 heavy (non-hydrogen) atoms. The van der Waals surface area contributed by atoms with Crippen LogP contribution < -0.4 is 10.2 Å². The minimum Gasteiger partial charge on any atom is -0.347 e. The molecule has 1 amide bonds. The molecule has 4 aromatic rings. The fourth-order valence-electron chi connectivity index (χ4n) is 5.95. The zero-order chi connectivity index (χ0) is 26.3. The van der Waals surface area contributed by atoms with Gasteiger partial charge in [-0.1, -0.05) is 36.4 Å². The number of aryl methyl sites for hydroxylation is 1. The lowest BCUT2D eigenvalue weighted by Gasteiger charge is -2.19. The molecular weight excluding hydrogens is 488 g/mol. The number of anilines is 1. The lowest BCUT2D eigenvalue weighted by atomic mass is 10.1. The Balaban J connectivity index is 1.05. The van der Waals surface area contributed by atoms with E-state index in [1.807, 2.05) is 53.1 Å². The molecule has 0 bridgehead atoms. The van der Waals surface area contributed by atoms with Crippen LogP contribution in [0.5, 0.6) is 0 Å². The molecule has 9 nitrogen and oxygen atoms in total. The number of amides is 1. The van der Waals surface area contributed by atoms with Gasteiger partial charge in [0, 0.05) is 43.8 Å². The number of nitrogens with zero attached hydrogens (tertiary/aromatic N) is 7. The van der Waals surface area contributed by atoms with Crippen LogP contribution in [0.15, 0.2) is 55.4 Å². The van der Waals surface area contributed by atoms with Crippen LogP contribution in [0, 0.1) is 11.8 Å². The highest BCUT2D eigenvalue weighted by molar-refractivity contribution is 5.78. The van der Waals surface area contributed by atoms with Crippen LogP contribution in [-0.4, -0.2) is 48.1 Å². The van der Waals surface area contributed by atoms with E-state index in [1.165, 1.54) is 12.1 Å². The maximum atomic E-state index is 12.8. The Bertz CT molecular complexity index is 1530. The number of hydrogen-bond donors (Lipinski definition) is 1. The summed E-state index contributed by atoms with van der Waals surface area (Å²) in [7, 11) is 2.00. The number of hydrogen-bond acceptors (Lipinski definition) is 6. The van der Waals surface area contributed by atoms with Crippen LogP contribution in [-0.2, 0) is 31.2 Å². The third-order valence-corrected chi connectivity index (χ3v) is 8.19. The monoisotopic (exact) mass is 520 g/mol. The predicted molar refractivity (Wildman–Crippen MR) is 149 cm³/mol. The van der Waals surface area contributed by atoms with Gasteiger partial charge in [-0.2, -0.15) is 0 Å². The Hall–Kier alpha value is -4.27. The van der Waals surface area contributed by atoms with Gasteiger partial charge in [0.1, 0.15) is 0 Å². The molecule has 3 aromatic heterocycles. The van der Waals surface area contributed by atoms with E-state index in [2.05, 4.69) is 44.5 Å². The quantitative estimate of drug-likeness (QED) is 0.383. The van der Waals surface area contributed by atoms with E-state index in [-0.39, 0.29) is 18.4 Å². The van der Waals surface area contributed by atoms with Crippen LogP contribution in [0.25, 0.3) is 12.2 Å². The molecule has 3 aliphatic rings. The summed E-state index contributed by atoms with van der Waals surface area (Å²) in [5.41, 5.74) is 5.98. The van der Waals surface area contributed by atoms with Crippen molar-refractivity contribution < 1.29 is 4.79 Å². The summed E-state index contributed by atoms with van der Waals surface area (Å²) >= 11 is 0. The first-order valence-corrected chi connectivity index (χ1v) is 13.7. The second-order valence-electron chi connectivity index (χ2n) is 11.0. The lowest BCUT2D eigenvalue weighted by molar-refractivity contribution is -0.121. The number of nitrogens with one attached hydrogen (secondary N) is 1. The molecule has 198 valence electrons. The van der Waals surface area contributed by atoms with Gasteiger partial charge in [0.25, 0.3) is 0 Å². The number of aromatic nitrogens is 6. The molecule has 1 N–H and O–H groups in total. The molecule has 9 heteroatoms. The average Bonchev–Trinajstić information content (AvgIpc) is 3.37. The van der Waals surface area contributed by atoms with Crippen molar-refractivity contribution in [1.82, 2.24) is 34.4 Å². The van der Waals surface area contributed by atoms with Gasteiger partial charge in [-0.15, -0.1) is 0 Å². The molecule has 1 saturated carbocycles. The summed E-state index contributed by atoms with van der Waals surface area (Å²) < 4.78 is 4.04. The molecule has 7 rings (SSSR count). The van der Waals surface area contributed by atoms with Gasteiger partial charge >= 0.3 is 0 Å². The Kier molecular flexibility index (Phi) is 5.98. The van der Waals surface area contributed by atoms with Crippen molar-refractivity contribution in [2.24, 2.45) is 18.9 Å². The first-order chi connectivity index (χ1) is 19.1. The number of imidazole rings is 2. The highest BCUT2D eigenvalue weighted by Crippen LogP contribution is 2.45. The van der Waals surface area contributed by atoms with Crippen molar-refractivity contribution in [3.63, 3.8) is 0 Å². The smallest absolute Gasteiger partial charge is 0.226 e. The maximum Gasteiger partial charge on any atom is 0.226 e. The summed E-state index contributed by atoms with van der Waals surface area (Å²) in [6.45, 7) is 2.69. The normalized spacial score (nSPS) is 21.4. The van der Waals surface area contributed by atoms with Crippen LogP contribution in [0.1, 0.15) is 52.8 Å². The maximum absolute atomic E-state index is 12.8. The summed E-state index contributed by atoms with van der Waals surface area (Å²) in [5, 5.41) is 3.14. The number of rotatable bonds is 8. The number of piperidine rings is 1. The second-order valence-corrected chi connectivity index (χ2v) is 11.0. The number of carbonyl (C=O) groups excluding carboxylic acids is 1. The molecule has 0 spiro atoms. The molecule has 2 fully saturated rings. The van der Waals surface area contributed by atoms with Gasteiger partial charge < -0.3 is 19.4 Å². The van der Waals surface area contributed by atoms with Crippen LogP contribution in [0.4, 0.5) is 5.95 Å². The average molecular weight is 521 g/mol. The molecule has 3 atom stereocenters. The van der Waals surface area contributed by atoms with Gasteiger partial charge in [0.15, 0.2) is 0 Å². The topological polar surface area (TPSA) is 93.8 Å². The number of benzene rings is 1. The van der Waals surface area contributed by atoms with Crippen LogP contribution >= 0.6 is 0 Å². The minimum atomic E-state index is -0.0356. The van der Waals surface area contributed by atoms with Crippen molar-refractivity contribution in [2.45, 2.75) is 38.3 Å². The molecule has 4 heterocycles. The Morgan fingerprint density at radius 2 is 1.92 bits per heavy atom. The fourth-order valence-corrected chi connectivity index (χ4v) is 5.95. The van der Waals surface area contributed by atoms with Gasteiger partial charge in [-0.3, -0.25) is 4.79 Å². The third-order valence-electron chi connectivity index (χ3n) is 8.19. The van der Waals surface area contributed by atoms with E-state index in [4.69, 9.17) is 9.97 Å². The van der Waals surface area contributed by atoms with E-state index in [0.29, 0.717) is 6.54 Å². The molecule has 1 saturated heterocycles. The van der Waals surface area contributed by atoms with E-state index >= 15 is 0 Å². The SMILES string of the molecule is Cn1cnc2c1CC[C@H]2NC(=O)Cc1cn(Cc2cnc(N3CC4CC4C3)nc2/C=C/c2ccccc2)cn1. The molecule has 1 aromatic carbocycles. The predicted octanol–water partition coefficient (Wildman–Crippen LogP) is 3.43. The van der Waals surface area contributed by atoms with E-state index in [0.717, 1.165) is 71.9 Å². The highest BCUT2D eigenvalue weighted by atomic mass is 16.1. The number of carbonyl (C=O) groups is 1. The molecular formula is C30H32N8O. The van der Waals surface area contributed by atoms with Crippen molar-refractivity contribution >= 4 is 24.0 Å². The summed E-state index contributed by atoms with van der Waals surface area (Å²) in [4.78, 5) is 33.8. The summed E-state index contributed by atoms with van der Waals surface area (Å²) in [5.74, 6) is 2.41. The minimum absolute atomic E-state index is 0.0214. The zero-order valence-electron chi connectivity index (χ0n) is 22.1. The van der Waals surface area contributed by atoms with Crippen molar-refractivity contribution in [2.75, 3.05) is 18.0 Å². The van der Waals surface area contributed by atoms with Gasteiger partial charge in [-0.25, -0.2) is 19.9 Å². The third kappa shape index (κ3) is 4.96. The van der Waals surface area contributed by atoms with Crippen LogP contribution in [0.3, 0.4) is 0 Å². The number of fused-ring (bicyclic) bond motifs is 2. The largest absolute Gasteiger partial charge is 0.347 e. The molecule has 2 aliphatic carbocycles. The van der Waals surface area contributed by atoms with E-state index in [9.17, 15) is 4.79 Å². The standard InChI is InChI=1S/C30H32N8O/c1-36-18-33-29-26(9-10-27(29)36)34-28(39)12-24-17-37(19-32-24)14-23-13-31-30(38-15-21-11-22(21)16-38)35-25(23)8-7-20-5-3-2-4-6-20/h2-8,13,17-19,21-22,26H,9-12,14-16H2,1H3,(H,34,39)/b8-7+/t21?,22?,26-/m1/s1. The molecule has 0 radical (unpaired) electrons. The zero-order valence-corrected chi connectivity index (χ0v) is 22.1. The Morgan fingerprint density at radius 3 is 2.77 bits per heavy atom. The first-order valence-electron chi connectivity index (χ1n) is 13.7. The van der Waals surface area contributed by atoms with Crippen molar-refractivity contribution in [3.8, 4) is 0 Å². The lowest BCUT2D eigenvalue weighted by Crippen LogP contribution is -2.28. The summed E-state index contributed by atoms with van der Waals surface area (Å²) in [6, 6.07) is 10.2. The van der Waals surface area contributed by atoms with Gasteiger partial charge in [0.05, 0.1) is 48.7 Å².